The molecule has 0 N–H and O–H groups in total. The van der Waals surface area contributed by atoms with Crippen molar-refractivity contribution < 1.29 is 0 Å². The van der Waals surface area contributed by atoms with E-state index >= 15 is 0 Å². The molecule has 14 aromatic carbocycles. The van der Waals surface area contributed by atoms with Crippen molar-refractivity contribution in [2.45, 2.75) is 41.5 Å². The average Bonchev–Trinajstić information content (AvgIpc) is 3.43. The molecule has 0 saturated carbocycles. The molecule has 0 bridgehead atoms. The van der Waals surface area contributed by atoms with Gasteiger partial charge in [-0.3, -0.25) is 0 Å². The van der Waals surface area contributed by atoms with Gasteiger partial charge in [0, 0.05) is 0 Å². The zero-order chi connectivity index (χ0) is 51.2. The molecule has 0 aliphatic heterocycles. The van der Waals surface area contributed by atoms with Crippen molar-refractivity contribution in [1.82, 2.24) is 0 Å². The zero-order valence-electron chi connectivity index (χ0n) is 43.6. The van der Waals surface area contributed by atoms with Crippen molar-refractivity contribution in [2.75, 3.05) is 0 Å². The second-order valence-corrected chi connectivity index (χ2v) is 19.3. The van der Waals surface area contributed by atoms with Crippen LogP contribution in [0.25, 0.3) is 86.2 Å². The van der Waals surface area contributed by atoms with Crippen LogP contribution >= 0.6 is 0 Å². The van der Waals surface area contributed by atoms with E-state index in [4.69, 9.17) is 0 Å². The second kappa shape index (κ2) is 24.1. The Hall–Kier alpha value is -8.84. The molecule has 0 fully saturated rings. The van der Waals surface area contributed by atoms with Crippen LogP contribution in [0.3, 0.4) is 0 Å². The van der Waals surface area contributed by atoms with E-state index in [1.807, 2.05) is 18.2 Å². The van der Waals surface area contributed by atoms with Gasteiger partial charge in [0.25, 0.3) is 0 Å². The highest BCUT2D eigenvalue weighted by molar-refractivity contribution is 6.02. The first-order valence-corrected chi connectivity index (χ1v) is 25.7. The molecule has 74 heavy (non-hydrogen) atoms. The molecule has 0 saturated heterocycles. The van der Waals surface area contributed by atoms with Crippen LogP contribution in [0, 0.1) is 41.5 Å². The summed E-state index contributed by atoms with van der Waals surface area (Å²) < 4.78 is 0. The predicted octanol–water partition coefficient (Wildman–Crippen LogP) is 21.2. The van der Waals surface area contributed by atoms with Crippen molar-refractivity contribution >= 4 is 86.2 Å². The number of aryl methyl sites for hydroxylation is 6. The fourth-order valence-corrected chi connectivity index (χ4v) is 9.65. The molecule has 360 valence electrons. The predicted molar refractivity (Wildman–Crippen MR) is 327 cm³/mol. The van der Waals surface area contributed by atoms with Crippen LogP contribution in [-0.4, -0.2) is 0 Å². The second-order valence-electron chi connectivity index (χ2n) is 19.3. The van der Waals surface area contributed by atoms with Gasteiger partial charge in [0.1, 0.15) is 0 Å². The quantitative estimate of drug-likeness (QED) is 0.133. The van der Waals surface area contributed by atoms with Gasteiger partial charge in [0.05, 0.1) is 0 Å². The van der Waals surface area contributed by atoms with E-state index in [1.54, 1.807) is 0 Å². The highest BCUT2D eigenvalue weighted by Gasteiger charge is 2.03. The summed E-state index contributed by atoms with van der Waals surface area (Å²) in [5.41, 5.74) is 8.04. The number of hydrogen-bond donors (Lipinski definition) is 0. The molecule has 0 spiro atoms. The Balaban J connectivity index is 0.000000111. The topological polar surface area (TPSA) is 0 Å². The first-order chi connectivity index (χ1) is 36.2. The lowest BCUT2D eigenvalue weighted by Crippen LogP contribution is -1.81. The third-order valence-corrected chi connectivity index (χ3v) is 13.7. The summed E-state index contributed by atoms with van der Waals surface area (Å²) in [5, 5.41) is 21.3. The van der Waals surface area contributed by atoms with E-state index in [-0.39, 0.29) is 0 Å². The monoisotopic (exact) mass is 953 g/mol. The van der Waals surface area contributed by atoms with Crippen LogP contribution in [0.1, 0.15) is 33.4 Å². The van der Waals surface area contributed by atoms with Gasteiger partial charge in [-0.1, -0.05) is 265 Å². The number of fused-ring (bicyclic) bond motifs is 8. The maximum Gasteiger partial charge on any atom is -0.0148 e. The van der Waals surface area contributed by atoms with E-state index < -0.39 is 0 Å². The molecule has 0 atom stereocenters. The van der Waals surface area contributed by atoms with E-state index in [9.17, 15) is 0 Å². The molecule has 0 aliphatic rings. The third kappa shape index (κ3) is 12.6. The standard InChI is InChI=1S/3C15H12.2C11H10.C7H8/c1-11-14-8-4-2-6-12(14)10-13-7-3-5-9-15(11)13;1-11-5-4-8-14-9-12-6-2-3-7-13(12)10-15(11)14;1-11-6-7-14-9-12-4-2-3-5-13(12)10-15(14)8-11;1-9-5-4-7-10-6-2-3-8-11(9)10;1-9-6-7-10-4-2-3-5-11(10)8-9;1-7-5-3-2-4-6-7/h3*2-10H,1H3;2*2-8H,1H3;2-6H,1H3. The first-order valence-electron chi connectivity index (χ1n) is 25.7. The maximum absolute atomic E-state index is 2.28. The minimum absolute atomic E-state index is 1.31. The molecule has 0 heteroatoms. The SMILES string of the molecule is Cc1c2ccccc2cc2ccccc12.Cc1ccc2cc3ccccc3cc2c1.Cc1ccc2ccccc2c1.Cc1cccc2cc3ccccc3cc12.Cc1cccc2ccccc12.Cc1ccccc1. The molecular formula is C74H64. The fraction of sp³-hybridized carbons (Fsp3) is 0.0811. The molecule has 0 aromatic heterocycles. The summed E-state index contributed by atoms with van der Waals surface area (Å²) in [6.45, 7) is 12.8. The fourth-order valence-electron chi connectivity index (χ4n) is 9.65. The van der Waals surface area contributed by atoms with Crippen molar-refractivity contribution in [3.63, 3.8) is 0 Å². The zero-order valence-corrected chi connectivity index (χ0v) is 43.6. The average molecular weight is 953 g/mol. The van der Waals surface area contributed by atoms with Gasteiger partial charge in [-0.25, -0.2) is 0 Å². The van der Waals surface area contributed by atoms with E-state index in [1.165, 1.54) is 120 Å². The Labute approximate surface area is 437 Å². The smallest absolute Gasteiger partial charge is 0.0148 e. The Morgan fingerprint density at radius 2 is 0.486 bits per heavy atom. The summed E-state index contributed by atoms with van der Waals surface area (Å²) in [6.07, 6.45) is 0. The van der Waals surface area contributed by atoms with Gasteiger partial charge in [-0.2, -0.15) is 0 Å². The van der Waals surface area contributed by atoms with Gasteiger partial charge in [0.2, 0.25) is 0 Å². The molecule has 0 amide bonds. The molecule has 0 radical (unpaired) electrons. The normalized spacial score (nSPS) is 10.6. The van der Waals surface area contributed by atoms with Gasteiger partial charge < -0.3 is 0 Å². The number of hydrogen-bond acceptors (Lipinski definition) is 0. The van der Waals surface area contributed by atoms with Crippen molar-refractivity contribution in [3.05, 3.63) is 312 Å². The van der Waals surface area contributed by atoms with E-state index in [0.29, 0.717) is 0 Å². The van der Waals surface area contributed by atoms with Gasteiger partial charge in [0.15, 0.2) is 0 Å². The van der Waals surface area contributed by atoms with Crippen LogP contribution in [0.15, 0.2) is 279 Å². The molecule has 14 aromatic rings. The largest absolute Gasteiger partial charge is 0.0622 e. The molecule has 14 rings (SSSR count). The molecule has 0 heterocycles. The molecular weight excluding hydrogens is 889 g/mol. The summed E-state index contributed by atoms with van der Waals surface area (Å²) in [5.74, 6) is 0. The summed E-state index contributed by atoms with van der Waals surface area (Å²) in [4.78, 5) is 0. The minimum Gasteiger partial charge on any atom is -0.0622 e. The number of rotatable bonds is 0. The van der Waals surface area contributed by atoms with Crippen molar-refractivity contribution in [3.8, 4) is 0 Å². The highest BCUT2D eigenvalue weighted by Crippen LogP contribution is 2.28. The molecule has 0 aliphatic carbocycles. The van der Waals surface area contributed by atoms with Crippen LogP contribution in [0.2, 0.25) is 0 Å². The summed E-state index contributed by atoms with van der Waals surface area (Å²) >= 11 is 0. The van der Waals surface area contributed by atoms with Crippen molar-refractivity contribution in [2.24, 2.45) is 0 Å². The summed E-state index contributed by atoms with van der Waals surface area (Å²) in [6, 6.07) is 98.5. The lowest BCUT2D eigenvalue weighted by Gasteiger charge is -2.06. The van der Waals surface area contributed by atoms with Gasteiger partial charge >= 0.3 is 0 Å². The Morgan fingerprint density at radius 1 is 0.162 bits per heavy atom. The lowest BCUT2D eigenvalue weighted by atomic mass is 9.98. The van der Waals surface area contributed by atoms with Gasteiger partial charge in [-0.15, -0.1) is 0 Å². The summed E-state index contributed by atoms with van der Waals surface area (Å²) in [7, 11) is 0. The Kier molecular flexibility index (Phi) is 16.3. The van der Waals surface area contributed by atoms with E-state index in [2.05, 4.69) is 302 Å². The molecule has 0 unspecified atom stereocenters. The highest BCUT2D eigenvalue weighted by atomic mass is 14.1. The maximum atomic E-state index is 2.28. The lowest BCUT2D eigenvalue weighted by molar-refractivity contribution is 1.48. The van der Waals surface area contributed by atoms with Gasteiger partial charge in [-0.05, 0) is 175 Å². The third-order valence-electron chi connectivity index (χ3n) is 13.7. The first kappa shape index (κ1) is 50.1. The Morgan fingerprint density at radius 3 is 1.01 bits per heavy atom. The van der Waals surface area contributed by atoms with Crippen molar-refractivity contribution in [1.29, 1.82) is 0 Å². The van der Waals surface area contributed by atoms with Crippen LogP contribution in [0.5, 0.6) is 0 Å². The number of benzene rings is 14. The molecule has 0 nitrogen and oxygen atoms in total. The Bertz CT molecular complexity index is 4040. The van der Waals surface area contributed by atoms with Crippen LogP contribution in [0.4, 0.5) is 0 Å². The van der Waals surface area contributed by atoms with Crippen LogP contribution in [-0.2, 0) is 0 Å². The van der Waals surface area contributed by atoms with Crippen LogP contribution < -0.4 is 0 Å². The van der Waals surface area contributed by atoms with E-state index in [0.717, 1.165) is 0 Å². The minimum atomic E-state index is 1.31.